The lowest BCUT2D eigenvalue weighted by molar-refractivity contribution is -0.0659. The minimum absolute atomic E-state index is 0.154. The second-order valence-electron chi connectivity index (χ2n) is 3.56. The molecule has 0 spiro atoms. The van der Waals surface area contributed by atoms with Gasteiger partial charge >= 0.3 is 0 Å². The second-order valence-corrected chi connectivity index (χ2v) is 3.56. The van der Waals surface area contributed by atoms with Gasteiger partial charge in [0.05, 0.1) is 19.6 Å². The third-order valence-corrected chi connectivity index (χ3v) is 2.11. The molecule has 14 heavy (non-hydrogen) atoms. The quantitative estimate of drug-likeness (QED) is 0.592. The van der Waals surface area contributed by atoms with Crippen molar-refractivity contribution < 1.29 is 17.6 Å². The molecule has 3 nitrogen and oxygen atoms in total. The summed E-state index contributed by atoms with van der Waals surface area (Å²) in [5.41, 5.74) is 0. The zero-order valence-corrected chi connectivity index (χ0v) is 7.23. The van der Waals surface area contributed by atoms with Gasteiger partial charge in [-0.2, -0.15) is 0 Å². The van der Waals surface area contributed by atoms with Gasteiger partial charge in [-0.1, -0.05) is 0 Å². The zero-order chi connectivity index (χ0) is 10.4. The lowest BCUT2D eigenvalue weighted by atomic mass is 10.2. The number of rotatable bonds is 0. The van der Waals surface area contributed by atoms with E-state index in [1.54, 1.807) is 0 Å². The predicted octanol–water partition coefficient (Wildman–Crippen LogP) is 0.532. The van der Waals surface area contributed by atoms with Crippen LogP contribution in [0.4, 0.5) is 17.6 Å². The maximum absolute atomic E-state index is 12.8. The molecule has 0 aromatic carbocycles. The maximum atomic E-state index is 12.8. The van der Waals surface area contributed by atoms with Crippen LogP contribution < -0.4 is 5.32 Å². The summed E-state index contributed by atoms with van der Waals surface area (Å²) in [7, 11) is 0. The molecule has 0 aliphatic carbocycles. The first-order valence-electron chi connectivity index (χ1n) is 4.17. The van der Waals surface area contributed by atoms with E-state index in [-0.39, 0.29) is 5.96 Å². The zero-order valence-electron chi connectivity index (χ0n) is 7.23. The van der Waals surface area contributed by atoms with Crippen molar-refractivity contribution in [2.24, 2.45) is 4.99 Å². The fraction of sp³-hybridized carbons (Fsp3) is 0.857. The lowest BCUT2D eigenvalue weighted by Crippen LogP contribution is -2.62. The Hall–Kier alpha value is -1.01. The number of hydrogen-bond acceptors (Lipinski definition) is 3. The molecule has 0 unspecified atom stereocenters. The molecule has 0 aromatic rings. The highest BCUT2D eigenvalue weighted by Gasteiger charge is 2.44. The molecule has 0 radical (unpaired) electrons. The van der Waals surface area contributed by atoms with E-state index in [0.717, 1.165) is 4.90 Å². The molecule has 1 saturated heterocycles. The van der Waals surface area contributed by atoms with Crippen LogP contribution in [-0.2, 0) is 0 Å². The summed E-state index contributed by atoms with van der Waals surface area (Å²) >= 11 is 0. The first kappa shape index (κ1) is 9.54. The largest absolute Gasteiger partial charge is 0.350 e. The van der Waals surface area contributed by atoms with Crippen molar-refractivity contribution in [1.29, 1.82) is 0 Å². The van der Waals surface area contributed by atoms with Crippen molar-refractivity contribution in [3.8, 4) is 0 Å². The normalized spacial score (nSPS) is 28.9. The number of hydrogen-bond donors (Lipinski definition) is 1. The standard InChI is InChI=1S/C7H9F4N3/c8-6(9)1-12-5-13-2-7(10,11)4-14(5)3-6/h1-4H2,(H,12,13). The molecule has 7 heteroatoms. The van der Waals surface area contributed by atoms with E-state index in [2.05, 4.69) is 10.3 Å². The smallest absolute Gasteiger partial charge is 0.284 e. The number of guanidine groups is 1. The second kappa shape index (κ2) is 2.74. The number of nitrogens with one attached hydrogen (secondary N) is 1. The summed E-state index contributed by atoms with van der Waals surface area (Å²) in [5.74, 6) is -5.81. The van der Waals surface area contributed by atoms with Crippen molar-refractivity contribution in [2.45, 2.75) is 11.8 Å². The molecule has 1 fully saturated rings. The highest BCUT2D eigenvalue weighted by Crippen LogP contribution is 2.25. The number of nitrogens with zero attached hydrogens (tertiary/aromatic N) is 2. The number of aliphatic imine (C=N–C) groups is 1. The Labute approximate surface area is 77.8 Å². The van der Waals surface area contributed by atoms with Crippen LogP contribution in [0.1, 0.15) is 0 Å². The Morgan fingerprint density at radius 1 is 1.14 bits per heavy atom. The highest BCUT2D eigenvalue weighted by molar-refractivity contribution is 5.81. The van der Waals surface area contributed by atoms with Gasteiger partial charge in [0.1, 0.15) is 6.54 Å². The van der Waals surface area contributed by atoms with Crippen LogP contribution in [0.25, 0.3) is 0 Å². The lowest BCUT2D eigenvalue weighted by Gasteiger charge is -2.39. The molecule has 1 N–H and O–H groups in total. The Morgan fingerprint density at radius 2 is 1.79 bits per heavy atom. The van der Waals surface area contributed by atoms with Gasteiger partial charge in [0.25, 0.3) is 11.8 Å². The highest BCUT2D eigenvalue weighted by atomic mass is 19.3. The fourth-order valence-corrected chi connectivity index (χ4v) is 1.54. The summed E-state index contributed by atoms with van der Waals surface area (Å²) < 4.78 is 51.3. The molecule has 0 atom stereocenters. The average Bonchev–Trinajstić information content (AvgIpc) is 1.99. The van der Waals surface area contributed by atoms with Gasteiger partial charge in [-0.15, -0.1) is 0 Å². The minimum atomic E-state index is -3.00. The molecule has 2 aliphatic heterocycles. The van der Waals surface area contributed by atoms with Gasteiger partial charge in [0.2, 0.25) is 0 Å². The van der Waals surface area contributed by atoms with Crippen LogP contribution in [0.5, 0.6) is 0 Å². The molecule has 2 aliphatic rings. The van der Waals surface area contributed by atoms with Crippen molar-refractivity contribution in [1.82, 2.24) is 10.2 Å². The van der Waals surface area contributed by atoms with Crippen molar-refractivity contribution in [3.05, 3.63) is 0 Å². The first-order chi connectivity index (χ1) is 6.38. The topological polar surface area (TPSA) is 27.6 Å². The summed E-state index contributed by atoms with van der Waals surface area (Å²) in [4.78, 5) is 4.41. The molecule has 0 bridgehead atoms. The van der Waals surface area contributed by atoms with E-state index in [0.29, 0.717) is 0 Å². The van der Waals surface area contributed by atoms with Crippen LogP contribution in [0.15, 0.2) is 4.99 Å². The minimum Gasteiger partial charge on any atom is -0.350 e. The molecular formula is C7H9F4N3. The molecule has 0 saturated carbocycles. The van der Waals surface area contributed by atoms with Crippen molar-refractivity contribution >= 4 is 5.96 Å². The van der Waals surface area contributed by atoms with Crippen molar-refractivity contribution in [3.63, 3.8) is 0 Å². The molecule has 0 aromatic heterocycles. The predicted molar refractivity (Wildman–Crippen MR) is 41.8 cm³/mol. The molecule has 80 valence electrons. The van der Waals surface area contributed by atoms with E-state index in [1.807, 2.05) is 0 Å². The molecule has 0 amide bonds. The SMILES string of the molecule is FC1(F)CN=C2NCC(F)(F)CN2C1. The van der Waals surface area contributed by atoms with Crippen LogP contribution >= 0.6 is 0 Å². The molecule has 2 heterocycles. The van der Waals surface area contributed by atoms with Gasteiger partial charge < -0.3 is 10.2 Å². The molecule has 2 rings (SSSR count). The maximum Gasteiger partial charge on any atom is 0.284 e. The van der Waals surface area contributed by atoms with E-state index in [1.165, 1.54) is 0 Å². The van der Waals surface area contributed by atoms with E-state index >= 15 is 0 Å². The van der Waals surface area contributed by atoms with E-state index < -0.39 is 38.0 Å². The van der Waals surface area contributed by atoms with Gasteiger partial charge in [-0.3, -0.25) is 0 Å². The van der Waals surface area contributed by atoms with Gasteiger partial charge in [-0.05, 0) is 0 Å². The van der Waals surface area contributed by atoms with Crippen LogP contribution in [0.2, 0.25) is 0 Å². The number of alkyl halides is 4. The van der Waals surface area contributed by atoms with Crippen molar-refractivity contribution in [2.75, 3.05) is 26.2 Å². The average molecular weight is 211 g/mol. The van der Waals surface area contributed by atoms with Crippen LogP contribution in [0.3, 0.4) is 0 Å². The number of fused-ring (bicyclic) bond motifs is 1. The molecular weight excluding hydrogens is 202 g/mol. The Balaban J connectivity index is 2.15. The monoisotopic (exact) mass is 211 g/mol. The summed E-state index contributed by atoms with van der Waals surface area (Å²) in [6, 6.07) is 0. The van der Waals surface area contributed by atoms with E-state index in [4.69, 9.17) is 0 Å². The van der Waals surface area contributed by atoms with Gasteiger partial charge in [0.15, 0.2) is 5.96 Å². The Morgan fingerprint density at radius 3 is 2.50 bits per heavy atom. The third-order valence-electron chi connectivity index (χ3n) is 2.11. The summed E-state index contributed by atoms with van der Waals surface area (Å²) in [6.07, 6.45) is 0. The Bertz CT molecular complexity index is 276. The summed E-state index contributed by atoms with van der Waals surface area (Å²) in [5, 5.41) is 2.34. The third kappa shape index (κ3) is 1.76. The van der Waals surface area contributed by atoms with E-state index in [9.17, 15) is 17.6 Å². The summed E-state index contributed by atoms with van der Waals surface area (Å²) in [6.45, 7) is -2.53. The van der Waals surface area contributed by atoms with Crippen LogP contribution in [-0.4, -0.2) is 48.9 Å². The van der Waals surface area contributed by atoms with Crippen LogP contribution in [0, 0.1) is 0 Å². The first-order valence-corrected chi connectivity index (χ1v) is 4.17. The van der Waals surface area contributed by atoms with Gasteiger partial charge in [-0.25, -0.2) is 22.6 Å². The Kier molecular flexibility index (Phi) is 1.87. The van der Waals surface area contributed by atoms with Gasteiger partial charge in [0, 0.05) is 0 Å². The fourth-order valence-electron chi connectivity index (χ4n) is 1.54. The number of halogens is 4.